The van der Waals surface area contributed by atoms with Crippen LogP contribution in [0.25, 0.3) is 11.3 Å². The van der Waals surface area contributed by atoms with Crippen molar-refractivity contribution in [3.05, 3.63) is 58.2 Å². The molecule has 36 heavy (non-hydrogen) atoms. The molecule has 8 rings (SSSR count). The smallest absolute Gasteiger partial charge is 0.343 e. The van der Waals surface area contributed by atoms with Gasteiger partial charge in [-0.05, 0) is 62.1 Å². The molecule has 2 aromatic rings. The molecule has 6 heteroatoms. The van der Waals surface area contributed by atoms with Crippen molar-refractivity contribution in [3.8, 4) is 17.1 Å². The van der Waals surface area contributed by atoms with Crippen LogP contribution in [-0.2, 0) is 11.2 Å². The maximum absolute atomic E-state index is 13.2. The van der Waals surface area contributed by atoms with Crippen LogP contribution in [0.5, 0.6) is 5.75 Å². The molecule has 0 unspecified atom stereocenters. The second-order valence-electron chi connectivity index (χ2n) is 12.8. The largest absolute Gasteiger partial charge is 0.481 e. The van der Waals surface area contributed by atoms with E-state index in [2.05, 4.69) is 38.8 Å². The van der Waals surface area contributed by atoms with E-state index in [-0.39, 0.29) is 21.9 Å². The molecule has 6 atom stereocenters. The molecule has 3 aliphatic carbocycles. The van der Waals surface area contributed by atoms with Crippen molar-refractivity contribution in [1.82, 2.24) is 4.98 Å². The Labute approximate surface area is 211 Å². The van der Waals surface area contributed by atoms with E-state index in [0.717, 1.165) is 31.2 Å². The number of ether oxygens (including phenoxy) is 2. The van der Waals surface area contributed by atoms with Crippen molar-refractivity contribution in [2.45, 2.75) is 77.6 Å². The lowest BCUT2D eigenvalue weighted by Gasteiger charge is -2.72. The summed E-state index contributed by atoms with van der Waals surface area (Å²) in [5, 5.41) is 11.3. The highest BCUT2D eigenvalue weighted by molar-refractivity contribution is 5.59. The van der Waals surface area contributed by atoms with Crippen molar-refractivity contribution in [2.24, 2.45) is 28.1 Å². The van der Waals surface area contributed by atoms with Crippen molar-refractivity contribution in [2.75, 3.05) is 6.61 Å². The highest BCUT2D eigenvalue weighted by atomic mass is 16.6. The normalized spacial score (nSPS) is 41.8. The molecule has 2 aromatic heterocycles. The minimum atomic E-state index is -1.03. The van der Waals surface area contributed by atoms with Gasteiger partial charge >= 0.3 is 5.63 Å². The second-order valence-corrected chi connectivity index (χ2v) is 12.8. The third-order valence-corrected chi connectivity index (χ3v) is 11.4. The average Bonchev–Trinajstić information content (AvgIpc) is 3.26. The van der Waals surface area contributed by atoms with Gasteiger partial charge in [0.15, 0.2) is 5.79 Å². The van der Waals surface area contributed by atoms with Crippen LogP contribution in [0.4, 0.5) is 0 Å². The highest BCUT2D eigenvalue weighted by Gasteiger charge is 2.74. The number of rotatable bonds is 1. The SMILES string of the molecule is CC1=CC[C@@H]2[C@]34CC[C@](O)(OC3)C(C)(C)[C@@H]4CC[C@@]2(C)[C@]12Cc1c(cc(-c3cccnc3)oc1=O)O2. The lowest BCUT2D eigenvalue weighted by atomic mass is 9.36. The molecule has 0 amide bonds. The summed E-state index contributed by atoms with van der Waals surface area (Å²) < 4.78 is 19.0. The summed E-state index contributed by atoms with van der Waals surface area (Å²) >= 11 is 0. The molecular weight excluding hydrogens is 454 g/mol. The van der Waals surface area contributed by atoms with Gasteiger partial charge in [-0.3, -0.25) is 4.98 Å². The molecule has 6 aliphatic rings. The molecule has 1 N–H and O–H groups in total. The van der Waals surface area contributed by atoms with Gasteiger partial charge in [0.25, 0.3) is 0 Å². The standard InChI is InChI=1S/C30H35NO5/c1-18-7-8-24-27(4,10-9-23-26(2,3)30(33)12-11-28(23,24)17-34-30)29(18)15-20-22(36-29)14-21(35-25(20)32)19-6-5-13-31-16-19/h5-7,13-14,16,23-24,33H,8-12,15,17H2,1-4H3/t23-,24-,27+,28+,29-,30-/m0/s1. The highest BCUT2D eigenvalue weighted by Crippen LogP contribution is 2.74. The molecule has 0 radical (unpaired) electrons. The van der Waals surface area contributed by atoms with E-state index in [1.807, 2.05) is 18.2 Å². The molecule has 2 saturated carbocycles. The molecule has 0 aromatic carbocycles. The molecule has 2 bridgehead atoms. The van der Waals surface area contributed by atoms with E-state index in [1.54, 1.807) is 12.4 Å². The molecule has 5 heterocycles. The Hall–Kier alpha value is -2.44. The fourth-order valence-corrected chi connectivity index (χ4v) is 9.29. The van der Waals surface area contributed by atoms with Gasteiger partial charge in [0.1, 0.15) is 17.1 Å². The first kappa shape index (κ1) is 22.7. The summed E-state index contributed by atoms with van der Waals surface area (Å²) in [6.45, 7) is 9.54. The molecule has 190 valence electrons. The summed E-state index contributed by atoms with van der Waals surface area (Å²) in [4.78, 5) is 17.4. The van der Waals surface area contributed by atoms with Crippen LogP contribution >= 0.6 is 0 Å². The maximum atomic E-state index is 13.2. The zero-order chi connectivity index (χ0) is 25.1. The Morgan fingerprint density at radius 2 is 1.97 bits per heavy atom. The Morgan fingerprint density at radius 3 is 2.69 bits per heavy atom. The lowest BCUT2D eigenvalue weighted by molar-refractivity contribution is -0.395. The number of hydrogen-bond acceptors (Lipinski definition) is 6. The average molecular weight is 490 g/mol. The first-order valence-corrected chi connectivity index (χ1v) is 13.4. The van der Waals surface area contributed by atoms with E-state index in [9.17, 15) is 9.90 Å². The van der Waals surface area contributed by atoms with Gasteiger partial charge in [-0.25, -0.2) is 4.79 Å². The number of aromatic nitrogens is 1. The summed E-state index contributed by atoms with van der Waals surface area (Å²) in [6, 6.07) is 5.60. The Kier molecular flexibility index (Phi) is 4.36. The fourth-order valence-electron chi connectivity index (χ4n) is 9.29. The molecule has 6 nitrogen and oxygen atoms in total. The Morgan fingerprint density at radius 1 is 1.14 bits per heavy atom. The van der Waals surface area contributed by atoms with Gasteiger partial charge in [0.05, 0.1) is 12.2 Å². The first-order chi connectivity index (χ1) is 17.1. The second kappa shape index (κ2) is 6.90. The first-order valence-electron chi connectivity index (χ1n) is 13.4. The minimum absolute atomic E-state index is 0.00511. The number of nitrogens with zero attached hydrogens (tertiary/aromatic N) is 1. The van der Waals surface area contributed by atoms with Gasteiger partial charge < -0.3 is 19.0 Å². The Bertz CT molecular complexity index is 1330. The van der Waals surface area contributed by atoms with Crippen LogP contribution < -0.4 is 10.4 Å². The van der Waals surface area contributed by atoms with Gasteiger partial charge in [-0.2, -0.15) is 0 Å². The number of allylic oxidation sites excluding steroid dienone is 1. The molecule has 3 aliphatic heterocycles. The predicted octanol–water partition coefficient (Wildman–Crippen LogP) is 5.28. The zero-order valence-electron chi connectivity index (χ0n) is 21.6. The molecule has 4 fully saturated rings. The third kappa shape index (κ3) is 2.50. The summed E-state index contributed by atoms with van der Waals surface area (Å²) in [7, 11) is 0. The van der Waals surface area contributed by atoms with Crippen molar-refractivity contribution >= 4 is 0 Å². The molecule has 2 spiro atoms. The number of pyridine rings is 1. The minimum Gasteiger partial charge on any atom is -0.481 e. The summed E-state index contributed by atoms with van der Waals surface area (Å²) in [5.41, 5.74) is 1.22. The van der Waals surface area contributed by atoms with E-state index in [0.29, 0.717) is 48.4 Å². The van der Waals surface area contributed by atoms with Crippen LogP contribution in [0.1, 0.15) is 65.4 Å². The predicted molar refractivity (Wildman–Crippen MR) is 134 cm³/mol. The van der Waals surface area contributed by atoms with E-state index in [1.165, 1.54) is 5.57 Å². The number of hydrogen-bond donors (Lipinski definition) is 1. The van der Waals surface area contributed by atoms with Gasteiger partial charge in [-0.1, -0.05) is 26.8 Å². The van der Waals surface area contributed by atoms with Crippen molar-refractivity contribution in [1.29, 1.82) is 0 Å². The van der Waals surface area contributed by atoms with Gasteiger partial charge in [0, 0.05) is 53.1 Å². The van der Waals surface area contributed by atoms with Crippen LogP contribution in [-0.4, -0.2) is 28.1 Å². The quantitative estimate of drug-likeness (QED) is 0.549. The zero-order valence-corrected chi connectivity index (χ0v) is 21.6. The van der Waals surface area contributed by atoms with Crippen LogP contribution in [0.15, 0.2) is 51.5 Å². The summed E-state index contributed by atoms with van der Waals surface area (Å²) in [6.07, 6.45) is 10.9. The van der Waals surface area contributed by atoms with E-state index >= 15 is 0 Å². The van der Waals surface area contributed by atoms with Crippen molar-refractivity contribution in [3.63, 3.8) is 0 Å². The number of aliphatic hydroxyl groups is 1. The maximum Gasteiger partial charge on any atom is 0.343 e. The fraction of sp³-hybridized carbons (Fsp3) is 0.600. The van der Waals surface area contributed by atoms with E-state index in [4.69, 9.17) is 13.9 Å². The Balaban J connectivity index is 1.33. The van der Waals surface area contributed by atoms with Gasteiger partial charge in [0.2, 0.25) is 0 Å². The van der Waals surface area contributed by atoms with Gasteiger partial charge in [-0.15, -0.1) is 0 Å². The lowest BCUT2D eigenvalue weighted by Crippen LogP contribution is -2.74. The topological polar surface area (TPSA) is 81.8 Å². The van der Waals surface area contributed by atoms with Crippen LogP contribution in [0, 0.1) is 28.1 Å². The van der Waals surface area contributed by atoms with Crippen LogP contribution in [0.3, 0.4) is 0 Å². The summed E-state index contributed by atoms with van der Waals surface area (Å²) in [5.74, 6) is 0.825. The van der Waals surface area contributed by atoms with Crippen LogP contribution in [0.2, 0.25) is 0 Å². The third-order valence-electron chi connectivity index (χ3n) is 11.4. The van der Waals surface area contributed by atoms with Crippen molar-refractivity contribution < 1.29 is 19.0 Å². The number of fused-ring (bicyclic) bond motifs is 5. The monoisotopic (exact) mass is 489 g/mol. The molecular formula is C30H35NO5. The molecule has 2 saturated heterocycles. The van der Waals surface area contributed by atoms with E-state index < -0.39 is 11.4 Å².